The van der Waals surface area contributed by atoms with Crippen LogP contribution in [0.15, 0.2) is 18.3 Å². The van der Waals surface area contributed by atoms with Gasteiger partial charge >= 0.3 is 0 Å². The Morgan fingerprint density at radius 3 is 2.92 bits per heavy atom. The summed E-state index contributed by atoms with van der Waals surface area (Å²) in [5, 5.41) is 0. The first-order valence-electron chi connectivity index (χ1n) is 3.79. The van der Waals surface area contributed by atoms with E-state index in [9.17, 15) is 4.39 Å². The first kappa shape index (κ1) is 7.28. The Balaban J connectivity index is 2.92. The Labute approximate surface area is 69.7 Å². The van der Waals surface area contributed by atoms with Crippen molar-refractivity contribution in [3.63, 3.8) is 0 Å². The van der Waals surface area contributed by atoms with E-state index < -0.39 is 5.95 Å². The topological polar surface area (TPSA) is 17.3 Å². The van der Waals surface area contributed by atoms with E-state index in [1.807, 2.05) is 30.5 Å². The fraction of sp³-hybridized carbons (Fsp3) is 0.222. The summed E-state index contributed by atoms with van der Waals surface area (Å²) in [4.78, 5) is 3.79. The van der Waals surface area contributed by atoms with Gasteiger partial charge in [-0.1, -0.05) is 0 Å². The van der Waals surface area contributed by atoms with Crippen LogP contribution in [-0.4, -0.2) is 9.38 Å². The van der Waals surface area contributed by atoms with Gasteiger partial charge in [0.15, 0.2) is 0 Å². The Hall–Kier alpha value is -1.38. The maximum Gasteiger partial charge on any atom is 0.216 e. The highest BCUT2D eigenvalue weighted by Crippen LogP contribution is 2.11. The van der Waals surface area contributed by atoms with Crippen LogP contribution >= 0.6 is 0 Å². The van der Waals surface area contributed by atoms with E-state index in [2.05, 4.69) is 4.98 Å². The molecule has 0 aromatic carbocycles. The molecule has 0 amide bonds. The summed E-state index contributed by atoms with van der Waals surface area (Å²) >= 11 is 0. The summed E-state index contributed by atoms with van der Waals surface area (Å²) in [6.07, 6.45) is 1.90. The Morgan fingerprint density at radius 2 is 2.17 bits per heavy atom. The predicted molar refractivity (Wildman–Crippen MR) is 44.6 cm³/mol. The average molecular weight is 164 g/mol. The van der Waals surface area contributed by atoms with Crippen LogP contribution in [0, 0.1) is 19.8 Å². The van der Waals surface area contributed by atoms with Crippen molar-refractivity contribution >= 4 is 5.65 Å². The molecule has 2 heterocycles. The standard InChI is InChI=1S/C9H9FN2/c1-6-3-4-12-7(2)5-8(10)11-9(6)12/h3-5H,1-2H3. The largest absolute Gasteiger partial charge is 0.305 e. The number of fused-ring (bicyclic) bond motifs is 1. The van der Waals surface area contributed by atoms with Crippen molar-refractivity contribution in [1.29, 1.82) is 0 Å². The van der Waals surface area contributed by atoms with Crippen LogP contribution in [0.3, 0.4) is 0 Å². The highest BCUT2D eigenvalue weighted by molar-refractivity contribution is 5.48. The minimum absolute atomic E-state index is 0.415. The van der Waals surface area contributed by atoms with Crippen LogP contribution < -0.4 is 0 Å². The molecule has 0 unspecified atom stereocenters. The molecule has 0 aliphatic heterocycles. The summed E-state index contributed by atoms with van der Waals surface area (Å²) in [6.45, 7) is 3.78. The molecule has 2 nitrogen and oxygen atoms in total. The monoisotopic (exact) mass is 164 g/mol. The second-order valence-electron chi connectivity index (χ2n) is 2.91. The summed E-state index contributed by atoms with van der Waals surface area (Å²) in [5.41, 5.74) is 2.57. The number of halogens is 1. The van der Waals surface area contributed by atoms with Crippen molar-refractivity contribution in [2.24, 2.45) is 0 Å². The quantitative estimate of drug-likeness (QED) is 0.545. The van der Waals surface area contributed by atoms with E-state index in [-0.39, 0.29) is 0 Å². The molecule has 0 aliphatic carbocycles. The maximum atomic E-state index is 12.8. The molecule has 0 saturated carbocycles. The highest BCUT2D eigenvalue weighted by Gasteiger charge is 2.03. The Bertz CT molecular complexity index is 431. The number of hydrogen-bond donors (Lipinski definition) is 0. The third-order valence-corrected chi connectivity index (χ3v) is 1.98. The smallest absolute Gasteiger partial charge is 0.216 e. The number of aryl methyl sites for hydroxylation is 2. The normalized spacial score (nSPS) is 10.9. The summed E-state index contributed by atoms with van der Waals surface area (Å²) in [7, 11) is 0. The van der Waals surface area contributed by atoms with Crippen molar-refractivity contribution < 1.29 is 4.39 Å². The van der Waals surface area contributed by atoms with Gasteiger partial charge in [-0.25, -0.2) is 4.98 Å². The van der Waals surface area contributed by atoms with Crippen molar-refractivity contribution in [2.75, 3.05) is 0 Å². The molecule has 0 N–H and O–H groups in total. The fourth-order valence-corrected chi connectivity index (χ4v) is 1.32. The lowest BCUT2D eigenvalue weighted by Crippen LogP contribution is -1.95. The van der Waals surface area contributed by atoms with Gasteiger partial charge in [-0.05, 0) is 25.5 Å². The lowest BCUT2D eigenvalue weighted by atomic mass is 10.4. The molecular weight excluding hydrogens is 155 g/mol. The van der Waals surface area contributed by atoms with Gasteiger partial charge < -0.3 is 4.40 Å². The van der Waals surface area contributed by atoms with Gasteiger partial charge in [0.05, 0.1) is 0 Å². The van der Waals surface area contributed by atoms with Gasteiger partial charge in [0.2, 0.25) is 5.95 Å². The molecule has 0 radical (unpaired) electrons. The lowest BCUT2D eigenvalue weighted by Gasteiger charge is -1.99. The molecule has 62 valence electrons. The van der Waals surface area contributed by atoms with Crippen molar-refractivity contribution in [3.05, 3.63) is 35.5 Å². The molecule has 0 saturated heterocycles. The van der Waals surface area contributed by atoms with Crippen LogP contribution in [-0.2, 0) is 0 Å². The molecule has 3 heteroatoms. The zero-order valence-corrected chi connectivity index (χ0v) is 7.00. The van der Waals surface area contributed by atoms with Gasteiger partial charge in [0.1, 0.15) is 5.65 Å². The van der Waals surface area contributed by atoms with Crippen LogP contribution in [0.4, 0.5) is 4.39 Å². The van der Waals surface area contributed by atoms with Crippen LogP contribution in [0.1, 0.15) is 11.3 Å². The second-order valence-corrected chi connectivity index (χ2v) is 2.91. The van der Waals surface area contributed by atoms with E-state index in [1.165, 1.54) is 6.07 Å². The van der Waals surface area contributed by atoms with Crippen molar-refractivity contribution in [3.8, 4) is 0 Å². The van der Waals surface area contributed by atoms with Crippen LogP contribution in [0.2, 0.25) is 0 Å². The molecule has 2 aromatic heterocycles. The van der Waals surface area contributed by atoms with E-state index in [0.717, 1.165) is 11.3 Å². The Morgan fingerprint density at radius 1 is 1.42 bits per heavy atom. The average Bonchev–Trinajstić information content (AvgIpc) is 2.33. The van der Waals surface area contributed by atoms with Gasteiger partial charge in [0, 0.05) is 18.0 Å². The molecule has 2 aromatic rings. The zero-order valence-electron chi connectivity index (χ0n) is 7.00. The van der Waals surface area contributed by atoms with E-state index in [0.29, 0.717) is 5.65 Å². The fourth-order valence-electron chi connectivity index (χ4n) is 1.32. The first-order chi connectivity index (χ1) is 5.68. The second kappa shape index (κ2) is 2.30. The molecule has 0 aliphatic rings. The third-order valence-electron chi connectivity index (χ3n) is 1.98. The zero-order chi connectivity index (χ0) is 8.72. The number of nitrogens with zero attached hydrogens (tertiary/aromatic N) is 2. The number of hydrogen-bond acceptors (Lipinski definition) is 1. The van der Waals surface area contributed by atoms with Crippen molar-refractivity contribution in [2.45, 2.75) is 13.8 Å². The van der Waals surface area contributed by atoms with E-state index in [1.54, 1.807) is 0 Å². The minimum atomic E-state index is -0.415. The van der Waals surface area contributed by atoms with Crippen molar-refractivity contribution in [1.82, 2.24) is 9.38 Å². The predicted octanol–water partition coefficient (Wildman–Crippen LogP) is 2.09. The molecule has 0 fully saturated rings. The summed E-state index contributed by atoms with van der Waals surface area (Å²) in [5.74, 6) is -0.415. The van der Waals surface area contributed by atoms with Gasteiger partial charge in [-0.2, -0.15) is 4.39 Å². The maximum absolute atomic E-state index is 12.8. The Kier molecular flexibility index (Phi) is 1.40. The molecule has 0 bridgehead atoms. The highest BCUT2D eigenvalue weighted by atomic mass is 19.1. The molecule has 12 heavy (non-hydrogen) atoms. The van der Waals surface area contributed by atoms with E-state index >= 15 is 0 Å². The SMILES string of the molecule is Cc1ccn2c(C)cc(F)nc12. The minimum Gasteiger partial charge on any atom is -0.305 e. The summed E-state index contributed by atoms with van der Waals surface area (Å²) in [6, 6.07) is 3.35. The lowest BCUT2D eigenvalue weighted by molar-refractivity contribution is 0.581. The molecule has 0 atom stereocenters. The van der Waals surface area contributed by atoms with Crippen LogP contribution in [0.5, 0.6) is 0 Å². The molecule has 0 spiro atoms. The number of rotatable bonds is 0. The molecular formula is C9H9FN2. The molecule has 2 rings (SSSR count). The first-order valence-corrected chi connectivity index (χ1v) is 3.79. The van der Waals surface area contributed by atoms with E-state index in [4.69, 9.17) is 0 Å². The van der Waals surface area contributed by atoms with Gasteiger partial charge in [0.25, 0.3) is 0 Å². The van der Waals surface area contributed by atoms with Gasteiger partial charge in [-0.15, -0.1) is 0 Å². The van der Waals surface area contributed by atoms with Gasteiger partial charge in [-0.3, -0.25) is 0 Å². The number of aromatic nitrogens is 2. The third kappa shape index (κ3) is 0.897. The van der Waals surface area contributed by atoms with Crippen LogP contribution in [0.25, 0.3) is 5.65 Å². The summed E-state index contributed by atoms with van der Waals surface area (Å²) < 4.78 is 14.7.